The Morgan fingerprint density at radius 2 is 1.88 bits per heavy atom. The van der Waals surface area contributed by atoms with Crippen LogP contribution in [0.2, 0.25) is 0 Å². The van der Waals surface area contributed by atoms with E-state index in [1.54, 1.807) is 23.1 Å². The molecule has 1 amide bonds. The van der Waals surface area contributed by atoms with Crippen molar-refractivity contribution >= 4 is 17.0 Å². The highest BCUT2D eigenvalue weighted by Crippen LogP contribution is 2.22. The number of hydroxylamine groups is 2. The van der Waals surface area contributed by atoms with E-state index in [-0.39, 0.29) is 11.0 Å². The van der Waals surface area contributed by atoms with Crippen LogP contribution in [0.25, 0.3) is 22.7 Å². The van der Waals surface area contributed by atoms with Crippen molar-refractivity contribution < 1.29 is 14.3 Å². The van der Waals surface area contributed by atoms with Crippen LogP contribution in [-0.2, 0) is 0 Å². The molecular weight excluding hydrogens is 308 g/mol. The summed E-state index contributed by atoms with van der Waals surface area (Å²) < 4.78 is 5.71. The topological polar surface area (TPSA) is 86.7 Å². The number of amides is 1. The van der Waals surface area contributed by atoms with Crippen LogP contribution >= 0.6 is 0 Å². The average molecular weight is 324 g/mol. The van der Waals surface area contributed by atoms with Gasteiger partial charge in [0.05, 0.1) is 26.2 Å². The molecule has 1 aliphatic heterocycles. The monoisotopic (exact) mass is 324 g/mol. The molecule has 122 valence electrons. The molecule has 3 heterocycles. The third-order valence-electron chi connectivity index (χ3n) is 4.09. The summed E-state index contributed by atoms with van der Waals surface area (Å²) in [5.41, 5.74) is 2.29. The van der Waals surface area contributed by atoms with Crippen LogP contribution in [0.15, 0.2) is 46.9 Å². The zero-order chi connectivity index (χ0) is 16.5. The average Bonchev–Trinajstić information content (AvgIpc) is 3.06. The van der Waals surface area contributed by atoms with Gasteiger partial charge >= 0.3 is 0 Å². The molecule has 0 spiro atoms. The second-order valence-corrected chi connectivity index (χ2v) is 5.73. The Labute approximate surface area is 138 Å². The van der Waals surface area contributed by atoms with E-state index in [0.717, 1.165) is 5.52 Å². The lowest BCUT2D eigenvalue weighted by Crippen LogP contribution is -3.10. The number of hydrogen-bond donors (Lipinski definition) is 1. The van der Waals surface area contributed by atoms with E-state index in [9.17, 15) is 10.0 Å². The van der Waals surface area contributed by atoms with Gasteiger partial charge in [0.2, 0.25) is 5.89 Å². The Hall–Kier alpha value is -2.77. The number of carbonyl (C=O) groups is 1. The van der Waals surface area contributed by atoms with Crippen LogP contribution in [0.3, 0.4) is 0 Å². The smallest absolute Gasteiger partial charge is 0.272 e. The van der Waals surface area contributed by atoms with Crippen molar-refractivity contribution in [1.29, 1.82) is 0 Å². The Morgan fingerprint density at radius 3 is 2.67 bits per heavy atom. The first kappa shape index (κ1) is 14.8. The number of nitrogens with zero attached hydrogens (tertiary/aromatic N) is 3. The molecule has 3 aromatic rings. The number of hydrogen-bond acceptors (Lipinski definition) is 5. The van der Waals surface area contributed by atoms with Crippen LogP contribution in [0.1, 0.15) is 10.5 Å². The summed E-state index contributed by atoms with van der Waals surface area (Å²) in [7, 11) is 0. The fourth-order valence-electron chi connectivity index (χ4n) is 2.78. The molecule has 7 heteroatoms. The molecule has 1 fully saturated rings. The van der Waals surface area contributed by atoms with Gasteiger partial charge in [-0.2, -0.15) is 0 Å². The Kier molecular flexibility index (Phi) is 3.72. The van der Waals surface area contributed by atoms with E-state index < -0.39 is 0 Å². The number of carbonyl (C=O) groups excluding carboxylic acids is 1. The molecule has 0 radical (unpaired) electrons. The predicted molar refractivity (Wildman–Crippen MR) is 87.2 cm³/mol. The number of pyridine rings is 1. The second-order valence-electron chi connectivity index (χ2n) is 5.73. The van der Waals surface area contributed by atoms with Crippen molar-refractivity contribution in [3.63, 3.8) is 0 Å². The largest absolute Gasteiger partial charge is 0.634 e. The quantitative estimate of drug-likeness (QED) is 0.702. The molecule has 1 N–H and O–H groups in total. The number of rotatable bonds is 2. The Balaban J connectivity index is 1.62. The van der Waals surface area contributed by atoms with E-state index in [4.69, 9.17) is 4.42 Å². The summed E-state index contributed by atoms with van der Waals surface area (Å²) in [5.74, 6) is 0.222. The summed E-state index contributed by atoms with van der Waals surface area (Å²) >= 11 is 0. The first-order valence-electron chi connectivity index (χ1n) is 7.85. The molecule has 0 unspecified atom stereocenters. The molecule has 4 rings (SSSR count). The van der Waals surface area contributed by atoms with Gasteiger partial charge in [0.15, 0.2) is 5.58 Å². The maximum Gasteiger partial charge on any atom is 0.272 e. The fourth-order valence-corrected chi connectivity index (χ4v) is 2.78. The third-order valence-corrected chi connectivity index (χ3v) is 4.09. The Morgan fingerprint density at radius 1 is 1.08 bits per heavy atom. The first-order chi connectivity index (χ1) is 11.7. The lowest BCUT2D eigenvalue weighted by atomic mass is 10.2. The van der Waals surface area contributed by atoms with Gasteiger partial charge < -0.3 is 19.6 Å². The number of quaternary nitrogens is 1. The highest BCUT2D eigenvalue weighted by Gasteiger charge is 2.23. The lowest BCUT2D eigenvalue weighted by molar-refractivity contribution is -0.852. The fraction of sp³-hybridized carbons (Fsp3) is 0.235. The number of aromatic nitrogens is 2. The maximum absolute atomic E-state index is 12.6. The molecule has 2 aromatic heterocycles. The van der Waals surface area contributed by atoms with Gasteiger partial charge in [-0.25, -0.2) is 9.97 Å². The van der Waals surface area contributed by atoms with Crippen LogP contribution in [0.5, 0.6) is 0 Å². The van der Waals surface area contributed by atoms with Gasteiger partial charge in [-0.15, -0.1) is 0 Å². The van der Waals surface area contributed by atoms with Crippen LogP contribution in [0.4, 0.5) is 0 Å². The van der Waals surface area contributed by atoms with E-state index >= 15 is 0 Å². The minimum absolute atomic E-state index is 0.166. The van der Waals surface area contributed by atoms with Gasteiger partial charge in [-0.1, -0.05) is 18.2 Å². The third kappa shape index (κ3) is 2.75. The van der Waals surface area contributed by atoms with Crippen LogP contribution < -0.4 is 5.06 Å². The van der Waals surface area contributed by atoms with Gasteiger partial charge in [-0.3, -0.25) is 4.79 Å². The predicted octanol–water partition coefficient (Wildman–Crippen LogP) is 0.728. The Bertz CT molecular complexity index is 851. The van der Waals surface area contributed by atoms with Gasteiger partial charge in [0.25, 0.3) is 5.91 Å². The van der Waals surface area contributed by atoms with E-state index in [0.29, 0.717) is 49.0 Å². The standard InChI is InChI=1S/C17H16N4O3/c22-17(20-8-10-21(23)11-9-20)14-6-3-5-13(18-14)16-19-12-4-1-2-7-15(12)24-16/h1-7,21H,8-11H2. The summed E-state index contributed by atoms with van der Waals surface area (Å²) in [6.07, 6.45) is 0. The van der Waals surface area contributed by atoms with Gasteiger partial charge in [0.1, 0.15) is 16.9 Å². The normalized spacial score (nSPS) is 15.8. The minimum atomic E-state index is -0.166. The maximum atomic E-state index is 12.6. The minimum Gasteiger partial charge on any atom is -0.634 e. The number of fused-ring (bicyclic) bond motifs is 1. The van der Waals surface area contributed by atoms with Crippen LogP contribution in [0, 0.1) is 5.21 Å². The highest BCUT2D eigenvalue weighted by atomic mass is 16.5. The summed E-state index contributed by atoms with van der Waals surface area (Å²) in [6.45, 7) is 1.73. The first-order valence-corrected chi connectivity index (χ1v) is 7.85. The molecule has 0 aliphatic carbocycles. The number of benzene rings is 1. The SMILES string of the molecule is O=C(c1cccc(-c2nc3ccccc3o2)n1)N1CC[NH+]([O-])CC1. The van der Waals surface area contributed by atoms with Crippen molar-refractivity contribution in [3.8, 4) is 11.6 Å². The summed E-state index contributed by atoms with van der Waals surface area (Å²) in [6, 6.07) is 12.7. The van der Waals surface area contributed by atoms with Crippen molar-refractivity contribution in [2.45, 2.75) is 0 Å². The van der Waals surface area contributed by atoms with Crippen molar-refractivity contribution in [2.75, 3.05) is 26.2 Å². The van der Waals surface area contributed by atoms with E-state index in [2.05, 4.69) is 9.97 Å². The molecule has 1 saturated heterocycles. The zero-order valence-electron chi connectivity index (χ0n) is 12.9. The number of piperazine rings is 1. The van der Waals surface area contributed by atoms with E-state index in [1.165, 1.54) is 0 Å². The van der Waals surface area contributed by atoms with Gasteiger partial charge in [0, 0.05) is 0 Å². The van der Waals surface area contributed by atoms with Crippen molar-refractivity contribution in [3.05, 3.63) is 53.4 Å². The van der Waals surface area contributed by atoms with Crippen LogP contribution in [-0.4, -0.2) is 47.0 Å². The molecule has 0 atom stereocenters. The highest BCUT2D eigenvalue weighted by molar-refractivity contribution is 5.92. The molecule has 1 aliphatic rings. The zero-order valence-corrected chi connectivity index (χ0v) is 12.9. The van der Waals surface area contributed by atoms with Crippen molar-refractivity contribution in [2.24, 2.45) is 0 Å². The summed E-state index contributed by atoms with van der Waals surface area (Å²) in [4.78, 5) is 23.0. The van der Waals surface area contributed by atoms with E-state index in [1.807, 2.05) is 24.3 Å². The lowest BCUT2D eigenvalue weighted by Gasteiger charge is -2.33. The molecule has 0 bridgehead atoms. The molecule has 7 nitrogen and oxygen atoms in total. The molecule has 0 saturated carbocycles. The number of oxazole rings is 1. The second kappa shape index (κ2) is 6.03. The number of para-hydroxylation sites is 2. The molecule has 24 heavy (non-hydrogen) atoms. The molecular formula is C17H16N4O3. The molecule has 1 aromatic carbocycles. The van der Waals surface area contributed by atoms with Gasteiger partial charge in [-0.05, 0) is 24.3 Å². The summed E-state index contributed by atoms with van der Waals surface area (Å²) in [5, 5.41) is 11.5. The van der Waals surface area contributed by atoms with Crippen molar-refractivity contribution in [1.82, 2.24) is 14.9 Å². The number of nitrogens with one attached hydrogen (secondary N) is 1.